The maximum Gasteiger partial charge on any atom is 0.454 e. The van der Waals surface area contributed by atoms with E-state index in [0.717, 1.165) is 0 Å². The highest BCUT2D eigenvalue weighted by Crippen LogP contribution is 2.40. The van der Waals surface area contributed by atoms with Gasteiger partial charge in [0.25, 0.3) is 0 Å². The molecule has 68 valence electrons. The molecule has 0 aromatic heterocycles. The van der Waals surface area contributed by atoms with Crippen molar-refractivity contribution in [3.63, 3.8) is 0 Å². The number of benzene rings is 1. The highest BCUT2D eigenvalue weighted by molar-refractivity contribution is 7.58. The summed E-state index contributed by atoms with van der Waals surface area (Å²) >= 11 is 5.59. The Hall–Kier alpha value is -0.940. The zero-order chi connectivity index (χ0) is 9.90. The van der Waals surface area contributed by atoms with Crippen molar-refractivity contribution < 1.29 is 14.0 Å². The maximum atomic E-state index is 10.9. The van der Waals surface area contributed by atoms with Crippen LogP contribution in [-0.2, 0) is 4.57 Å². The molecule has 1 N–H and O–H groups in total. The predicted molar refractivity (Wildman–Crippen MR) is 50.7 cm³/mol. The minimum Gasteiger partial charge on any atom is -0.416 e. The maximum absolute atomic E-state index is 10.9. The van der Waals surface area contributed by atoms with Crippen LogP contribution < -0.4 is 4.52 Å². The van der Waals surface area contributed by atoms with Crippen molar-refractivity contribution >= 4 is 19.2 Å². The van der Waals surface area contributed by atoms with E-state index in [0.29, 0.717) is 5.02 Å². The summed E-state index contributed by atoms with van der Waals surface area (Å²) in [6.45, 7) is 0. The third-order valence-electron chi connectivity index (χ3n) is 1.21. The molecule has 0 fully saturated rings. The summed E-state index contributed by atoms with van der Waals surface area (Å²) in [7, 11) is -3.93. The fraction of sp³-hybridized carbons (Fsp3) is 0. The molecule has 0 amide bonds. The highest BCUT2D eigenvalue weighted by Gasteiger charge is 2.15. The third kappa shape index (κ3) is 3.12. The monoisotopic (exact) mass is 216 g/mol. The molecule has 13 heavy (non-hydrogen) atoms. The van der Waals surface area contributed by atoms with E-state index in [2.05, 4.69) is 4.52 Å². The number of hydrogen-bond donors (Lipinski definition) is 1. The molecule has 1 rings (SSSR count). The molecule has 0 bridgehead atoms. The van der Waals surface area contributed by atoms with Crippen LogP contribution in [0, 0.1) is 12.1 Å². The zero-order valence-electron chi connectivity index (χ0n) is 6.48. The lowest BCUT2D eigenvalue weighted by molar-refractivity contribution is 0.395. The van der Waals surface area contributed by atoms with E-state index in [1.54, 1.807) is 5.66 Å². The molecule has 0 aliphatic carbocycles. The topological polar surface area (TPSA) is 46.5 Å². The summed E-state index contributed by atoms with van der Waals surface area (Å²) in [6, 6.07) is 5.99. The van der Waals surface area contributed by atoms with E-state index in [1.807, 2.05) is 0 Å². The van der Waals surface area contributed by atoms with Crippen LogP contribution in [0.2, 0.25) is 5.02 Å². The van der Waals surface area contributed by atoms with Gasteiger partial charge in [-0.05, 0) is 24.3 Å². The van der Waals surface area contributed by atoms with E-state index in [-0.39, 0.29) is 5.75 Å². The second-order valence-electron chi connectivity index (χ2n) is 2.19. The quantitative estimate of drug-likeness (QED) is 0.610. The smallest absolute Gasteiger partial charge is 0.416 e. The summed E-state index contributed by atoms with van der Waals surface area (Å²) in [5, 5.41) is 0.515. The van der Waals surface area contributed by atoms with Crippen molar-refractivity contribution in [3.8, 4) is 17.8 Å². The summed E-state index contributed by atoms with van der Waals surface area (Å²) < 4.78 is 15.5. The number of halogens is 1. The summed E-state index contributed by atoms with van der Waals surface area (Å²) in [6.07, 6.45) is 4.77. The van der Waals surface area contributed by atoms with Gasteiger partial charge in [-0.2, -0.15) is 0 Å². The van der Waals surface area contributed by atoms with E-state index >= 15 is 0 Å². The minimum atomic E-state index is -3.93. The van der Waals surface area contributed by atoms with Gasteiger partial charge in [0.2, 0.25) is 0 Å². The lowest BCUT2D eigenvalue weighted by Crippen LogP contribution is -1.88. The van der Waals surface area contributed by atoms with E-state index in [4.69, 9.17) is 22.9 Å². The second kappa shape index (κ2) is 3.85. The Kier molecular flexibility index (Phi) is 3.00. The van der Waals surface area contributed by atoms with Crippen molar-refractivity contribution in [2.75, 3.05) is 0 Å². The van der Waals surface area contributed by atoms with Crippen LogP contribution in [-0.4, -0.2) is 4.89 Å². The molecule has 0 aliphatic heterocycles. The van der Waals surface area contributed by atoms with Gasteiger partial charge in [0, 0.05) is 10.7 Å². The molecule has 0 radical (unpaired) electrons. The normalized spacial score (nSPS) is 14.2. The summed E-state index contributed by atoms with van der Waals surface area (Å²) in [5.74, 6) is 0.216. The van der Waals surface area contributed by atoms with Crippen LogP contribution in [0.15, 0.2) is 24.3 Å². The first kappa shape index (κ1) is 10.1. The molecule has 3 nitrogen and oxygen atoms in total. The lowest BCUT2D eigenvalue weighted by atomic mass is 10.3. The Morgan fingerprint density at radius 1 is 1.46 bits per heavy atom. The van der Waals surface area contributed by atoms with Crippen molar-refractivity contribution in [3.05, 3.63) is 29.3 Å². The fourth-order valence-electron chi connectivity index (χ4n) is 0.665. The molecular weight excluding hydrogens is 211 g/mol. The van der Waals surface area contributed by atoms with Crippen molar-refractivity contribution in [2.24, 2.45) is 0 Å². The molecule has 1 atom stereocenters. The Labute approximate surface area is 80.8 Å². The number of terminal acetylenes is 1. The number of hydrogen-bond acceptors (Lipinski definition) is 2. The van der Waals surface area contributed by atoms with Crippen molar-refractivity contribution in [1.82, 2.24) is 0 Å². The van der Waals surface area contributed by atoms with Gasteiger partial charge in [-0.15, -0.1) is 6.42 Å². The van der Waals surface area contributed by atoms with Gasteiger partial charge in [-0.1, -0.05) is 11.6 Å². The van der Waals surface area contributed by atoms with Gasteiger partial charge in [0.15, 0.2) is 0 Å². The van der Waals surface area contributed by atoms with E-state index in [9.17, 15) is 4.57 Å². The average molecular weight is 217 g/mol. The summed E-state index contributed by atoms with van der Waals surface area (Å²) in [5.41, 5.74) is 1.66. The van der Waals surface area contributed by atoms with Crippen molar-refractivity contribution in [2.45, 2.75) is 0 Å². The molecule has 0 heterocycles. The lowest BCUT2D eigenvalue weighted by Gasteiger charge is -2.06. The van der Waals surface area contributed by atoms with Gasteiger partial charge < -0.3 is 9.42 Å². The van der Waals surface area contributed by atoms with Crippen LogP contribution >= 0.6 is 19.2 Å². The summed E-state index contributed by atoms with van der Waals surface area (Å²) in [4.78, 5) is 8.91. The van der Waals surface area contributed by atoms with E-state index < -0.39 is 7.60 Å². The molecule has 1 aromatic carbocycles. The Bertz CT molecular complexity index is 379. The SMILES string of the molecule is C#CP(=O)(O)Oc1ccc(Cl)cc1. The zero-order valence-corrected chi connectivity index (χ0v) is 8.13. The minimum absolute atomic E-state index is 0.216. The largest absolute Gasteiger partial charge is 0.454 e. The Morgan fingerprint density at radius 2 is 2.00 bits per heavy atom. The molecular formula is C8H6ClO3P. The van der Waals surface area contributed by atoms with E-state index in [1.165, 1.54) is 24.3 Å². The van der Waals surface area contributed by atoms with Crippen LogP contribution in [0.5, 0.6) is 5.75 Å². The first-order valence-corrected chi connectivity index (χ1v) is 5.25. The van der Waals surface area contributed by atoms with Crippen LogP contribution in [0.25, 0.3) is 0 Å². The Morgan fingerprint density at radius 3 is 2.46 bits per heavy atom. The second-order valence-corrected chi connectivity index (χ2v) is 4.11. The molecule has 0 saturated carbocycles. The third-order valence-corrected chi connectivity index (χ3v) is 2.24. The van der Waals surface area contributed by atoms with Gasteiger partial charge in [-0.25, -0.2) is 4.57 Å². The molecule has 1 unspecified atom stereocenters. The first-order valence-electron chi connectivity index (χ1n) is 3.29. The average Bonchev–Trinajstić information content (AvgIpc) is 2.09. The standard InChI is InChI=1S/C8H6ClO3P/c1-2-13(10,11)12-8-5-3-7(9)4-6-8/h1,3-6H,(H,10,11). The van der Waals surface area contributed by atoms with Crippen LogP contribution in [0.3, 0.4) is 0 Å². The molecule has 0 spiro atoms. The molecule has 5 heteroatoms. The molecule has 1 aromatic rings. The highest BCUT2D eigenvalue weighted by atomic mass is 35.5. The van der Waals surface area contributed by atoms with Gasteiger partial charge in [0.1, 0.15) is 5.75 Å². The van der Waals surface area contributed by atoms with Crippen LogP contribution in [0.1, 0.15) is 0 Å². The fourth-order valence-corrected chi connectivity index (χ4v) is 1.25. The van der Waals surface area contributed by atoms with Gasteiger partial charge in [0.05, 0.1) is 0 Å². The van der Waals surface area contributed by atoms with Crippen molar-refractivity contribution in [1.29, 1.82) is 0 Å². The van der Waals surface area contributed by atoms with Gasteiger partial charge in [-0.3, -0.25) is 0 Å². The number of rotatable bonds is 2. The Balaban J connectivity index is 2.83. The predicted octanol–water partition coefficient (Wildman–Crippen LogP) is 2.49. The van der Waals surface area contributed by atoms with Crippen LogP contribution in [0.4, 0.5) is 0 Å². The first-order chi connectivity index (χ1) is 6.03. The van der Waals surface area contributed by atoms with Gasteiger partial charge >= 0.3 is 7.60 Å². The molecule has 0 aliphatic rings. The molecule has 0 saturated heterocycles.